The summed E-state index contributed by atoms with van der Waals surface area (Å²) in [5.41, 5.74) is -0.503. The van der Waals surface area contributed by atoms with Crippen molar-refractivity contribution in [3.8, 4) is 0 Å². The standard InChI is InChI=1S/C23H20BrN3O6/c24-15-11-9-14(10-12-15)20(28)13-25(21(29)18-7-3-4-8-19(18)27(32)33)26-22(30)16-5-1-2-6-17(16)23(26)31/h3-4,7-12,16-17H,1-2,5-6,13H2/t16-,17-/m1/s1. The van der Waals surface area contributed by atoms with Crippen molar-refractivity contribution in [1.82, 2.24) is 10.0 Å². The van der Waals surface area contributed by atoms with Crippen molar-refractivity contribution in [2.24, 2.45) is 11.8 Å². The van der Waals surface area contributed by atoms with E-state index in [0.29, 0.717) is 12.8 Å². The SMILES string of the molecule is O=C(CN(C(=O)c1ccccc1[N+](=O)[O-])N1C(=O)[C@@H]2CCCC[C@H]2C1=O)c1ccc(Br)cc1. The van der Waals surface area contributed by atoms with Gasteiger partial charge < -0.3 is 0 Å². The molecule has 0 bridgehead atoms. The van der Waals surface area contributed by atoms with Crippen LogP contribution >= 0.6 is 15.9 Å². The maximum absolute atomic E-state index is 13.5. The first-order valence-electron chi connectivity index (χ1n) is 10.5. The van der Waals surface area contributed by atoms with Crippen molar-refractivity contribution < 1.29 is 24.1 Å². The number of para-hydroxylation sites is 1. The number of nitro benzene ring substituents is 1. The summed E-state index contributed by atoms with van der Waals surface area (Å²) in [6.07, 6.45) is 2.65. The first-order valence-corrected chi connectivity index (χ1v) is 11.3. The van der Waals surface area contributed by atoms with E-state index < -0.39 is 52.5 Å². The lowest BCUT2D eigenvalue weighted by molar-refractivity contribution is -0.385. The quantitative estimate of drug-likeness (QED) is 0.251. The molecule has 3 amide bonds. The topological polar surface area (TPSA) is 118 Å². The van der Waals surface area contributed by atoms with Crippen LogP contribution in [-0.4, -0.2) is 45.0 Å². The molecule has 1 saturated heterocycles. The molecule has 0 N–H and O–H groups in total. The van der Waals surface area contributed by atoms with Crippen LogP contribution in [0.4, 0.5) is 5.69 Å². The average Bonchev–Trinajstić information content (AvgIpc) is 3.07. The van der Waals surface area contributed by atoms with Gasteiger partial charge in [-0.05, 0) is 31.0 Å². The third-order valence-corrected chi connectivity index (χ3v) is 6.61. The second kappa shape index (κ2) is 9.22. The van der Waals surface area contributed by atoms with Gasteiger partial charge in [-0.25, -0.2) is 5.01 Å². The number of halogens is 1. The number of hydrazine groups is 1. The van der Waals surface area contributed by atoms with E-state index in [1.54, 1.807) is 24.3 Å². The molecule has 0 spiro atoms. The number of rotatable bonds is 6. The fourth-order valence-corrected chi connectivity index (χ4v) is 4.70. The molecule has 2 aromatic rings. The fourth-order valence-electron chi connectivity index (χ4n) is 4.43. The number of nitro groups is 1. The number of ketones is 1. The van der Waals surface area contributed by atoms with E-state index in [2.05, 4.69) is 15.9 Å². The molecule has 9 nitrogen and oxygen atoms in total. The Balaban J connectivity index is 1.74. The predicted octanol–water partition coefficient (Wildman–Crippen LogP) is 3.77. The Morgan fingerprint density at radius 1 is 1.00 bits per heavy atom. The van der Waals surface area contributed by atoms with Crippen LogP contribution in [0.5, 0.6) is 0 Å². The van der Waals surface area contributed by atoms with Crippen molar-refractivity contribution >= 4 is 45.1 Å². The highest BCUT2D eigenvalue weighted by Crippen LogP contribution is 2.39. The minimum atomic E-state index is -0.951. The number of benzene rings is 2. The number of Topliss-reactive ketones (excluding diaryl/α,β-unsaturated/α-hetero) is 1. The fraction of sp³-hybridized carbons (Fsp3) is 0.304. The maximum Gasteiger partial charge on any atom is 0.282 e. The van der Waals surface area contributed by atoms with E-state index in [0.717, 1.165) is 33.4 Å². The first kappa shape index (κ1) is 22.8. The molecule has 1 aliphatic heterocycles. The summed E-state index contributed by atoms with van der Waals surface area (Å²) in [4.78, 5) is 63.6. The van der Waals surface area contributed by atoms with Crippen LogP contribution in [0.15, 0.2) is 53.0 Å². The summed E-state index contributed by atoms with van der Waals surface area (Å²) in [5, 5.41) is 13.0. The van der Waals surface area contributed by atoms with Crippen LogP contribution in [0.3, 0.4) is 0 Å². The van der Waals surface area contributed by atoms with Gasteiger partial charge >= 0.3 is 0 Å². The molecule has 2 atom stereocenters. The number of amides is 3. The van der Waals surface area contributed by atoms with Gasteiger partial charge in [0.2, 0.25) is 0 Å². The lowest BCUT2D eigenvalue weighted by atomic mass is 9.81. The summed E-state index contributed by atoms with van der Waals surface area (Å²) >= 11 is 3.29. The normalized spacial score (nSPS) is 19.8. The van der Waals surface area contributed by atoms with Crippen LogP contribution in [0.25, 0.3) is 0 Å². The number of hydrogen-bond acceptors (Lipinski definition) is 6. The minimum absolute atomic E-state index is 0.273. The van der Waals surface area contributed by atoms with Crippen molar-refractivity contribution in [2.75, 3.05) is 6.54 Å². The molecule has 1 saturated carbocycles. The predicted molar refractivity (Wildman–Crippen MR) is 120 cm³/mol. The number of carbonyl (C=O) groups excluding carboxylic acids is 4. The Kier molecular flexibility index (Phi) is 6.37. The van der Waals surface area contributed by atoms with Crippen LogP contribution < -0.4 is 0 Å². The smallest absolute Gasteiger partial charge is 0.282 e. The van der Waals surface area contributed by atoms with E-state index in [4.69, 9.17) is 0 Å². The van der Waals surface area contributed by atoms with Crippen LogP contribution in [-0.2, 0) is 9.59 Å². The second-order valence-electron chi connectivity index (χ2n) is 8.05. The monoisotopic (exact) mass is 513 g/mol. The Hall–Kier alpha value is -3.40. The third kappa shape index (κ3) is 4.30. The molecule has 0 aromatic heterocycles. The number of nitrogens with zero attached hydrogens (tertiary/aromatic N) is 3. The van der Waals surface area contributed by atoms with Crippen LogP contribution in [0.1, 0.15) is 46.4 Å². The van der Waals surface area contributed by atoms with E-state index in [1.165, 1.54) is 18.2 Å². The average molecular weight is 514 g/mol. The molecule has 1 aliphatic carbocycles. The first-order chi connectivity index (χ1) is 15.8. The van der Waals surface area contributed by atoms with Gasteiger partial charge in [-0.2, -0.15) is 5.01 Å². The molecule has 2 fully saturated rings. The van der Waals surface area contributed by atoms with Gasteiger partial charge in [-0.1, -0.05) is 53.0 Å². The van der Waals surface area contributed by atoms with Gasteiger partial charge in [0.1, 0.15) is 12.1 Å². The molecule has 33 heavy (non-hydrogen) atoms. The van der Waals surface area contributed by atoms with Crippen molar-refractivity contribution in [3.63, 3.8) is 0 Å². The number of hydrogen-bond donors (Lipinski definition) is 0. The number of imide groups is 1. The molecule has 10 heteroatoms. The summed E-state index contributed by atoms with van der Waals surface area (Å²) in [7, 11) is 0. The Labute approximate surface area is 197 Å². The second-order valence-corrected chi connectivity index (χ2v) is 8.97. The summed E-state index contributed by atoms with van der Waals surface area (Å²) in [6.45, 7) is -0.608. The van der Waals surface area contributed by atoms with Crippen molar-refractivity contribution in [3.05, 3.63) is 74.2 Å². The zero-order valence-electron chi connectivity index (χ0n) is 17.5. The van der Waals surface area contributed by atoms with E-state index in [9.17, 15) is 29.3 Å². The Bertz CT molecular complexity index is 1130. The third-order valence-electron chi connectivity index (χ3n) is 6.08. The molecular weight excluding hydrogens is 494 g/mol. The zero-order valence-corrected chi connectivity index (χ0v) is 19.1. The van der Waals surface area contributed by atoms with Crippen LogP contribution in [0, 0.1) is 22.0 Å². The van der Waals surface area contributed by atoms with Gasteiger partial charge in [0.15, 0.2) is 5.78 Å². The van der Waals surface area contributed by atoms with E-state index >= 15 is 0 Å². The molecule has 4 rings (SSSR count). The number of carbonyl (C=O) groups is 4. The van der Waals surface area contributed by atoms with E-state index in [-0.39, 0.29) is 11.1 Å². The summed E-state index contributed by atoms with van der Waals surface area (Å²) in [6, 6.07) is 11.7. The minimum Gasteiger partial charge on any atom is -0.292 e. The van der Waals surface area contributed by atoms with Gasteiger partial charge in [0, 0.05) is 16.1 Å². The largest absolute Gasteiger partial charge is 0.292 e. The Morgan fingerprint density at radius 2 is 1.58 bits per heavy atom. The van der Waals surface area contributed by atoms with E-state index in [1.807, 2.05) is 0 Å². The molecule has 2 aromatic carbocycles. The van der Waals surface area contributed by atoms with Crippen molar-refractivity contribution in [1.29, 1.82) is 0 Å². The van der Waals surface area contributed by atoms with Crippen LogP contribution in [0.2, 0.25) is 0 Å². The molecule has 0 radical (unpaired) electrons. The molecular formula is C23H20BrN3O6. The molecule has 0 unspecified atom stereocenters. The lowest BCUT2D eigenvalue weighted by Crippen LogP contribution is -2.52. The highest BCUT2D eigenvalue weighted by atomic mass is 79.9. The summed E-state index contributed by atoms with van der Waals surface area (Å²) in [5.74, 6) is -3.64. The van der Waals surface area contributed by atoms with Gasteiger partial charge in [0.25, 0.3) is 23.4 Å². The Morgan fingerprint density at radius 3 is 2.15 bits per heavy atom. The molecule has 170 valence electrons. The zero-order chi connectivity index (χ0) is 23.7. The molecule has 1 heterocycles. The van der Waals surface area contributed by atoms with Gasteiger partial charge in [0.05, 0.1) is 16.8 Å². The number of fused-ring (bicyclic) bond motifs is 1. The highest BCUT2D eigenvalue weighted by molar-refractivity contribution is 9.10. The molecule has 2 aliphatic rings. The maximum atomic E-state index is 13.5. The lowest BCUT2D eigenvalue weighted by Gasteiger charge is -2.30. The summed E-state index contributed by atoms with van der Waals surface area (Å²) < 4.78 is 0.751. The highest BCUT2D eigenvalue weighted by Gasteiger charge is 2.52. The van der Waals surface area contributed by atoms with Gasteiger partial charge in [-0.3, -0.25) is 29.3 Å². The van der Waals surface area contributed by atoms with Crippen molar-refractivity contribution in [2.45, 2.75) is 25.7 Å². The van der Waals surface area contributed by atoms with Gasteiger partial charge in [-0.15, -0.1) is 0 Å².